The van der Waals surface area contributed by atoms with Crippen molar-refractivity contribution in [3.8, 4) is 11.4 Å². The first-order valence-electron chi connectivity index (χ1n) is 10.2. The quantitative estimate of drug-likeness (QED) is 0.664. The number of nitrogens with one attached hydrogen (secondary N) is 1. The van der Waals surface area contributed by atoms with Gasteiger partial charge in [0.1, 0.15) is 5.82 Å². The van der Waals surface area contributed by atoms with Gasteiger partial charge in [0.25, 0.3) is 5.91 Å². The smallest absolute Gasteiger partial charge is 0.251 e. The van der Waals surface area contributed by atoms with E-state index < -0.39 is 0 Å². The number of pyridine rings is 1. The molecule has 4 rings (SSSR count). The lowest BCUT2D eigenvalue weighted by Crippen LogP contribution is -2.26. The van der Waals surface area contributed by atoms with Crippen molar-refractivity contribution in [2.45, 2.75) is 19.4 Å². The highest BCUT2D eigenvalue weighted by atomic mass is 16.2. The summed E-state index contributed by atoms with van der Waals surface area (Å²) in [7, 11) is 3.81. The van der Waals surface area contributed by atoms with Crippen molar-refractivity contribution in [1.82, 2.24) is 20.3 Å². The first-order chi connectivity index (χ1) is 15.0. The van der Waals surface area contributed by atoms with Crippen molar-refractivity contribution in [3.63, 3.8) is 0 Å². The van der Waals surface area contributed by atoms with Gasteiger partial charge in [-0.05, 0) is 36.8 Å². The SMILES string of the molecule is CN(C)c1cc(CNC(=O)c2cccc(N3CCCC3=O)c2)nc(-c2cccnc2)n1. The van der Waals surface area contributed by atoms with E-state index in [4.69, 9.17) is 0 Å². The van der Waals surface area contributed by atoms with Crippen molar-refractivity contribution in [3.05, 3.63) is 66.1 Å². The highest BCUT2D eigenvalue weighted by molar-refractivity contribution is 5.99. The molecule has 3 aromatic rings. The van der Waals surface area contributed by atoms with Crippen LogP contribution in [-0.4, -0.2) is 47.4 Å². The number of benzene rings is 1. The predicted molar refractivity (Wildman–Crippen MR) is 119 cm³/mol. The average molecular weight is 416 g/mol. The molecule has 1 aliphatic heterocycles. The number of carbonyl (C=O) groups excluding carboxylic acids is 2. The Balaban J connectivity index is 1.52. The number of hydrogen-bond donors (Lipinski definition) is 1. The molecule has 8 nitrogen and oxygen atoms in total. The van der Waals surface area contributed by atoms with Gasteiger partial charge in [0.05, 0.1) is 12.2 Å². The molecule has 0 radical (unpaired) electrons. The van der Waals surface area contributed by atoms with Crippen LogP contribution in [0.5, 0.6) is 0 Å². The molecule has 0 saturated carbocycles. The zero-order valence-electron chi connectivity index (χ0n) is 17.6. The predicted octanol–water partition coefficient (Wildman–Crippen LogP) is 2.66. The third-order valence-electron chi connectivity index (χ3n) is 5.07. The van der Waals surface area contributed by atoms with Gasteiger partial charge >= 0.3 is 0 Å². The number of carbonyl (C=O) groups is 2. The van der Waals surface area contributed by atoms with Crippen LogP contribution in [0, 0.1) is 0 Å². The first-order valence-corrected chi connectivity index (χ1v) is 10.2. The van der Waals surface area contributed by atoms with Crippen molar-refractivity contribution in [2.24, 2.45) is 0 Å². The standard InChI is InChI=1S/C23H24N6O2/c1-28(2)20-13-18(26-22(27-20)17-7-4-10-24-14-17)15-25-23(31)16-6-3-8-19(12-16)29-11-5-9-21(29)30/h3-4,6-8,10,12-14H,5,9,11,15H2,1-2H3,(H,25,31). The number of nitrogens with zero attached hydrogens (tertiary/aromatic N) is 5. The van der Waals surface area contributed by atoms with E-state index in [2.05, 4.69) is 20.3 Å². The van der Waals surface area contributed by atoms with Crippen LogP contribution in [0.1, 0.15) is 28.9 Å². The van der Waals surface area contributed by atoms with E-state index in [0.717, 1.165) is 23.5 Å². The summed E-state index contributed by atoms with van der Waals surface area (Å²) in [5, 5.41) is 2.92. The molecule has 1 N–H and O–H groups in total. The molecule has 31 heavy (non-hydrogen) atoms. The minimum atomic E-state index is -0.221. The number of amides is 2. The van der Waals surface area contributed by atoms with Gasteiger partial charge in [0.2, 0.25) is 5.91 Å². The topological polar surface area (TPSA) is 91.3 Å². The Morgan fingerprint density at radius 1 is 1.16 bits per heavy atom. The van der Waals surface area contributed by atoms with E-state index in [9.17, 15) is 9.59 Å². The van der Waals surface area contributed by atoms with Gasteiger partial charge in [-0.15, -0.1) is 0 Å². The second-order valence-corrected chi connectivity index (χ2v) is 7.56. The lowest BCUT2D eigenvalue weighted by atomic mass is 10.1. The molecule has 8 heteroatoms. The van der Waals surface area contributed by atoms with E-state index in [1.165, 1.54) is 0 Å². The van der Waals surface area contributed by atoms with Crippen molar-refractivity contribution in [1.29, 1.82) is 0 Å². The van der Waals surface area contributed by atoms with Gasteiger partial charge in [0, 0.05) is 62.3 Å². The molecule has 1 aromatic carbocycles. The maximum absolute atomic E-state index is 12.8. The summed E-state index contributed by atoms with van der Waals surface area (Å²) in [5.74, 6) is 1.17. The third-order valence-corrected chi connectivity index (χ3v) is 5.07. The minimum Gasteiger partial charge on any atom is -0.363 e. The Kier molecular flexibility index (Phi) is 5.88. The largest absolute Gasteiger partial charge is 0.363 e. The summed E-state index contributed by atoms with van der Waals surface area (Å²) in [6.45, 7) is 0.942. The van der Waals surface area contributed by atoms with Crippen LogP contribution >= 0.6 is 0 Å². The Morgan fingerprint density at radius 3 is 2.74 bits per heavy atom. The van der Waals surface area contributed by atoms with E-state index in [0.29, 0.717) is 30.0 Å². The molecule has 0 atom stereocenters. The van der Waals surface area contributed by atoms with E-state index in [1.807, 2.05) is 43.3 Å². The van der Waals surface area contributed by atoms with Crippen LogP contribution < -0.4 is 15.1 Å². The van der Waals surface area contributed by atoms with Crippen LogP contribution in [0.4, 0.5) is 11.5 Å². The number of hydrogen-bond acceptors (Lipinski definition) is 6. The molecular weight excluding hydrogens is 392 g/mol. The Morgan fingerprint density at radius 2 is 2.03 bits per heavy atom. The molecule has 1 fully saturated rings. The molecule has 2 amide bonds. The number of aromatic nitrogens is 3. The summed E-state index contributed by atoms with van der Waals surface area (Å²) in [6, 6.07) is 12.7. The molecule has 3 heterocycles. The molecule has 1 saturated heterocycles. The fraction of sp³-hybridized carbons (Fsp3) is 0.261. The van der Waals surface area contributed by atoms with Crippen molar-refractivity contribution < 1.29 is 9.59 Å². The lowest BCUT2D eigenvalue weighted by Gasteiger charge is -2.17. The molecule has 0 spiro atoms. The normalized spacial score (nSPS) is 13.4. The number of anilines is 2. The summed E-state index contributed by atoms with van der Waals surface area (Å²) >= 11 is 0. The molecule has 1 aliphatic rings. The summed E-state index contributed by atoms with van der Waals surface area (Å²) in [6.07, 6.45) is 4.81. The summed E-state index contributed by atoms with van der Waals surface area (Å²) in [5.41, 5.74) is 2.76. The maximum Gasteiger partial charge on any atom is 0.251 e. The Labute approximate surface area is 181 Å². The van der Waals surface area contributed by atoms with E-state index >= 15 is 0 Å². The average Bonchev–Trinajstić information content (AvgIpc) is 3.23. The molecule has 0 bridgehead atoms. The van der Waals surface area contributed by atoms with Crippen LogP contribution in [-0.2, 0) is 11.3 Å². The summed E-state index contributed by atoms with van der Waals surface area (Å²) in [4.78, 5) is 41.7. The van der Waals surface area contributed by atoms with Crippen LogP contribution in [0.3, 0.4) is 0 Å². The van der Waals surface area contributed by atoms with Gasteiger partial charge in [-0.3, -0.25) is 14.6 Å². The maximum atomic E-state index is 12.8. The molecule has 2 aromatic heterocycles. The van der Waals surface area contributed by atoms with Crippen LogP contribution in [0.15, 0.2) is 54.9 Å². The monoisotopic (exact) mass is 416 g/mol. The van der Waals surface area contributed by atoms with Gasteiger partial charge < -0.3 is 15.1 Å². The summed E-state index contributed by atoms with van der Waals surface area (Å²) < 4.78 is 0. The van der Waals surface area contributed by atoms with E-state index in [-0.39, 0.29) is 18.4 Å². The Hall–Kier alpha value is -3.81. The van der Waals surface area contributed by atoms with Crippen molar-refractivity contribution in [2.75, 3.05) is 30.4 Å². The molecule has 0 aliphatic carbocycles. The highest BCUT2D eigenvalue weighted by Crippen LogP contribution is 2.22. The zero-order valence-corrected chi connectivity index (χ0v) is 17.6. The molecular formula is C23H24N6O2. The second kappa shape index (κ2) is 8.91. The minimum absolute atomic E-state index is 0.0951. The van der Waals surface area contributed by atoms with Crippen LogP contribution in [0.25, 0.3) is 11.4 Å². The molecule has 158 valence electrons. The van der Waals surface area contributed by atoms with Gasteiger partial charge in [-0.2, -0.15) is 0 Å². The second-order valence-electron chi connectivity index (χ2n) is 7.56. The van der Waals surface area contributed by atoms with Crippen molar-refractivity contribution >= 4 is 23.3 Å². The third kappa shape index (κ3) is 4.69. The Bertz CT molecular complexity index is 1100. The van der Waals surface area contributed by atoms with Gasteiger partial charge in [-0.1, -0.05) is 6.07 Å². The fourth-order valence-corrected chi connectivity index (χ4v) is 3.44. The number of rotatable bonds is 6. The molecule has 0 unspecified atom stereocenters. The van der Waals surface area contributed by atoms with Gasteiger partial charge in [0.15, 0.2) is 5.82 Å². The fourth-order valence-electron chi connectivity index (χ4n) is 3.44. The lowest BCUT2D eigenvalue weighted by molar-refractivity contribution is -0.117. The zero-order chi connectivity index (χ0) is 21.8. The van der Waals surface area contributed by atoms with Gasteiger partial charge in [-0.25, -0.2) is 9.97 Å². The van der Waals surface area contributed by atoms with E-state index in [1.54, 1.807) is 35.5 Å². The van der Waals surface area contributed by atoms with Crippen LogP contribution in [0.2, 0.25) is 0 Å². The first kappa shape index (κ1) is 20.5. The highest BCUT2D eigenvalue weighted by Gasteiger charge is 2.22.